The van der Waals surface area contributed by atoms with Crippen LogP contribution in [0.2, 0.25) is 0 Å². The summed E-state index contributed by atoms with van der Waals surface area (Å²) in [6.45, 7) is 6.04. The van der Waals surface area contributed by atoms with E-state index in [0.717, 1.165) is 15.8 Å². The van der Waals surface area contributed by atoms with Crippen molar-refractivity contribution in [1.29, 1.82) is 0 Å². The van der Waals surface area contributed by atoms with Crippen LogP contribution < -0.4 is 5.32 Å². The third-order valence-corrected chi connectivity index (χ3v) is 4.63. The average Bonchev–Trinajstić information content (AvgIpc) is 2.84. The average molecular weight is 297 g/mol. The van der Waals surface area contributed by atoms with Crippen LogP contribution in [0.25, 0.3) is 0 Å². The molecule has 0 aliphatic carbocycles. The lowest BCUT2D eigenvalue weighted by Gasteiger charge is -2.11. The van der Waals surface area contributed by atoms with Gasteiger partial charge in [0.25, 0.3) is 0 Å². The highest BCUT2D eigenvalue weighted by atomic mass is 32.1. The number of aryl methyl sites for hydroxylation is 2. The van der Waals surface area contributed by atoms with Crippen LogP contribution in [0.15, 0.2) is 5.38 Å². The van der Waals surface area contributed by atoms with Gasteiger partial charge in [-0.05, 0) is 20.8 Å². The minimum atomic E-state index is -0.862. The van der Waals surface area contributed by atoms with E-state index < -0.39 is 5.97 Å². The van der Waals surface area contributed by atoms with Gasteiger partial charge in [-0.1, -0.05) is 0 Å². The molecule has 5 nitrogen and oxygen atoms in total. The van der Waals surface area contributed by atoms with Crippen molar-refractivity contribution in [3.8, 4) is 0 Å². The lowest BCUT2D eigenvalue weighted by atomic mass is 10.2. The van der Waals surface area contributed by atoms with E-state index in [1.165, 1.54) is 16.2 Å². The van der Waals surface area contributed by atoms with Crippen molar-refractivity contribution in [2.24, 2.45) is 0 Å². The molecule has 0 aromatic carbocycles. The van der Waals surface area contributed by atoms with Gasteiger partial charge in [-0.25, -0.2) is 9.97 Å². The van der Waals surface area contributed by atoms with Crippen LogP contribution in [0.1, 0.15) is 34.2 Å². The first kappa shape index (κ1) is 14.0. The number of nitrogens with zero attached hydrogens (tertiary/aromatic N) is 2. The Balaban J connectivity index is 2.06. The van der Waals surface area contributed by atoms with Gasteiger partial charge in [-0.3, -0.25) is 4.79 Å². The molecule has 0 saturated heterocycles. The first-order valence-corrected chi connectivity index (χ1v) is 7.52. The summed E-state index contributed by atoms with van der Waals surface area (Å²) in [5, 5.41) is 15.6. The zero-order valence-corrected chi connectivity index (χ0v) is 12.6. The van der Waals surface area contributed by atoms with Crippen LogP contribution in [0, 0.1) is 13.8 Å². The molecule has 2 N–H and O–H groups in total. The van der Waals surface area contributed by atoms with Crippen molar-refractivity contribution in [3.63, 3.8) is 0 Å². The van der Waals surface area contributed by atoms with Crippen LogP contribution in [-0.2, 0) is 11.2 Å². The number of carboxylic acid groups (broad SMARTS) is 1. The Morgan fingerprint density at radius 2 is 2.21 bits per heavy atom. The third kappa shape index (κ3) is 3.51. The molecule has 2 aromatic heterocycles. The van der Waals surface area contributed by atoms with Crippen LogP contribution in [0.4, 0.5) is 5.13 Å². The largest absolute Gasteiger partial charge is 0.481 e. The van der Waals surface area contributed by atoms with E-state index in [4.69, 9.17) is 5.11 Å². The summed E-state index contributed by atoms with van der Waals surface area (Å²) in [5.41, 5.74) is 1.62. The zero-order valence-electron chi connectivity index (χ0n) is 10.9. The molecule has 7 heteroatoms. The third-order valence-electron chi connectivity index (χ3n) is 2.56. The monoisotopic (exact) mass is 297 g/mol. The number of carboxylic acids is 1. The molecule has 0 aliphatic heterocycles. The quantitative estimate of drug-likeness (QED) is 0.887. The number of aliphatic carboxylic acids is 1. The Bertz CT molecular complexity index is 592. The Morgan fingerprint density at radius 3 is 2.79 bits per heavy atom. The summed E-state index contributed by atoms with van der Waals surface area (Å²) in [7, 11) is 0. The van der Waals surface area contributed by atoms with Crippen LogP contribution in [0.5, 0.6) is 0 Å². The Morgan fingerprint density at radius 1 is 1.47 bits per heavy atom. The molecule has 0 radical (unpaired) electrons. The van der Waals surface area contributed by atoms with E-state index in [2.05, 4.69) is 22.2 Å². The molecule has 2 aromatic rings. The number of aromatic nitrogens is 2. The summed E-state index contributed by atoms with van der Waals surface area (Å²) in [4.78, 5) is 20.5. The van der Waals surface area contributed by atoms with Crippen LogP contribution in [-0.4, -0.2) is 21.0 Å². The van der Waals surface area contributed by atoms with Crippen molar-refractivity contribution in [2.45, 2.75) is 33.2 Å². The number of hydrogen-bond donors (Lipinski definition) is 2. The summed E-state index contributed by atoms with van der Waals surface area (Å²) < 4.78 is 0. The van der Waals surface area contributed by atoms with Gasteiger partial charge in [0.2, 0.25) is 0 Å². The maximum atomic E-state index is 10.6. The van der Waals surface area contributed by atoms with Crippen LogP contribution >= 0.6 is 22.7 Å². The minimum absolute atomic E-state index is 0.0365. The van der Waals surface area contributed by atoms with Crippen molar-refractivity contribution >= 4 is 33.8 Å². The minimum Gasteiger partial charge on any atom is -0.481 e. The van der Waals surface area contributed by atoms with Gasteiger partial charge in [-0.2, -0.15) is 0 Å². The molecule has 102 valence electrons. The second kappa shape index (κ2) is 5.66. The fourth-order valence-electron chi connectivity index (χ4n) is 1.81. The molecule has 0 fully saturated rings. The summed E-state index contributed by atoms with van der Waals surface area (Å²) in [5.74, 6) is -0.862. The van der Waals surface area contributed by atoms with Gasteiger partial charge in [0.05, 0.1) is 28.9 Å². The fraction of sp³-hybridized carbons (Fsp3) is 0.417. The van der Waals surface area contributed by atoms with Crippen molar-refractivity contribution < 1.29 is 9.90 Å². The molecular weight excluding hydrogens is 282 g/mol. The zero-order chi connectivity index (χ0) is 14.0. The molecule has 1 atom stereocenters. The van der Waals surface area contributed by atoms with E-state index in [9.17, 15) is 4.79 Å². The molecule has 2 heterocycles. The number of carbonyl (C=O) groups is 1. The van der Waals surface area contributed by atoms with Gasteiger partial charge >= 0.3 is 5.97 Å². The molecule has 0 bridgehead atoms. The van der Waals surface area contributed by atoms with Gasteiger partial charge in [-0.15, -0.1) is 22.7 Å². The first-order valence-electron chi connectivity index (χ1n) is 5.82. The number of anilines is 1. The molecule has 2 rings (SSSR count). The highest BCUT2D eigenvalue weighted by Gasteiger charge is 2.14. The second-order valence-electron chi connectivity index (χ2n) is 4.26. The molecule has 0 aliphatic rings. The smallest absolute Gasteiger partial charge is 0.309 e. The van der Waals surface area contributed by atoms with Gasteiger partial charge in [0.1, 0.15) is 0 Å². The summed E-state index contributed by atoms with van der Waals surface area (Å²) >= 11 is 3.09. The highest BCUT2D eigenvalue weighted by Crippen LogP contribution is 2.28. The maximum Gasteiger partial charge on any atom is 0.309 e. The van der Waals surface area contributed by atoms with E-state index >= 15 is 0 Å². The number of rotatable bonds is 5. The Hall–Kier alpha value is -1.47. The summed E-state index contributed by atoms with van der Waals surface area (Å²) in [6.07, 6.45) is -0.0365. The van der Waals surface area contributed by atoms with E-state index in [1.54, 1.807) is 16.7 Å². The molecule has 0 saturated carbocycles. The lowest BCUT2D eigenvalue weighted by molar-refractivity contribution is -0.136. The van der Waals surface area contributed by atoms with Crippen molar-refractivity contribution in [2.75, 3.05) is 5.32 Å². The molecule has 0 amide bonds. The van der Waals surface area contributed by atoms with E-state index in [0.29, 0.717) is 5.69 Å². The SMILES string of the molecule is Cc1nc(C)c(C(C)Nc2nc(CC(=O)O)cs2)s1. The topological polar surface area (TPSA) is 75.1 Å². The normalized spacial score (nSPS) is 12.4. The second-order valence-corrected chi connectivity index (χ2v) is 6.36. The number of thiazole rings is 2. The molecule has 19 heavy (non-hydrogen) atoms. The lowest BCUT2D eigenvalue weighted by Crippen LogP contribution is -2.06. The number of hydrogen-bond acceptors (Lipinski definition) is 6. The Kier molecular flexibility index (Phi) is 4.16. The molecular formula is C12H15N3O2S2. The van der Waals surface area contributed by atoms with Gasteiger partial charge in [0.15, 0.2) is 5.13 Å². The summed E-state index contributed by atoms with van der Waals surface area (Å²) in [6, 6.07) is 0.120. The highest BCUT2D eigenvalue weighted by molar-refractivity contribution is 7.14. The van der Waals surface area contributed by atoms with Crippen molar-refractivity contribution in [3.05, 3.63) is 26.7 Å². The first-order chi connectivity index (χ1) is 8.95. The maximum absolute atomic E-state index is 10.6. The van der Waals surface area contributed by atoms with Crippen LogP contribution in [0.3, 0.4) is 0 Å². The van der Waals surface area contributed by atoms with Crippen molar-refractivity contribution in [1.82, 2.24) is 9.97 Å². The van der Waals surface area contributed by atoms with E-state index in [1.807, 2.05) is 13.8 Å². The fourth-order valence-corrected chi connectivity index (χ4v) is 3.54. The predicted octanol–water partition coefficient (Wildman–Crippen LogP) is 3.02. The molecule has 0 spiro atoms. The molecule has 1 unspecified atom stereocenters. The predicted molar refractivity (Wildman–Crippen MR) is 77.1 cm³/mol. The van der Waals surface area contributed by atoms with Gasteiger partial charge in [0, 0.05) is 10.3 Å². The Labute approximate surface area is 119 Å². The standard InChI is InChI=1S/C12H15N3O2S2/c1-6-11(19-8(3)13-6)7(2)14-12-15-9(5-18-12)4-10(16)17/h5,7H,4H2,1-3H3,(H,14,15)(H,16,17). The van der Waals surface area contributed by atoms with Gasteiger partial charge < -0.3 is 10.4 Å². The number of nitrogens with one attached hydrogen (secondary N) is 1. The van der Waals surface area contributed by atoms with E-state index in [-0.39, 0.29) is 12.5 Å².